The molecule has 1 fully saturated rings. The number of aromatic nitrogens is 1. The molecule has 1 saturated carbocycles. The molecule has 188 valence electrons. The molecule has 1 atom stereocenters. The minimum atomic E-state index is -1.21. The summed E-state index contributed by atoms with van der Waals surface area (Å²) in [5.41, 5.74) is 0.636. The van der Waals surface area contributed by atoms with Crippen LogP contribution >= 0.6 is 23.2 Å². The average Bonchev–Trinajstić information content (AvgIpc) is 3.33. The molecule has 5 nitrogen and oxygen atoms in total. The van der Waals surface area contributed by atoms with Crippen LogP contribution < -0.4 is 0 Å². The zero-order valence-electron chi connectivity index (χ0n) is 20.6. The maximum Gasteiger partial charge on any atom is 0.231 e. The van der Waals surface area contributed by atoms with Crippen molar-refractivity contribution in [3.05, 3.63) is 87.6 Å². The van der Waals surface area contributed by atoms with Crippen molar-refractivity contribution in [3.63, 3.8) is 0 Å². The number of aliphatic hydroxyl groups is 1. The molecule has 7 heteroatoms. The third-order valence-corrected chi connectivity index (χ3v) is 7.71. The van der Waals surface area contributed by atoms with Gasteiger partial charge in [0.25, 0.3) is 0 Å². The van der Waals surface area contributed by atoms with Gasteiger partial charge in [0.15, 0.2) is 11.4 Å². The molecule has 4 rings (SSSR count). The van der Waals surface area contributed by atoms with Crippen LogP contribution in [0.25, 0.3) is 0 Å². The number of oxazole rings is 1. The van der Waals surface area contributed by atoms with Gasteiger partial charge in [-0.15, -0.1) is 0 Å². The van der Waals surface area contributed by atoms with Crippen molar-refractivity contribution in [2.24, 2.45) is 5.92 Å². The summed E-state index contributed by atoms with van der Waals surface area (Å²) < 4.78 is 12.8. The van der Waals surface area contributed by atoms with Crippen molar-refractivity contribution in [1.29, 1.82) is 0 Å². The van der Waals surface area contributed by atoms with Gasteiger partial charge < -0.3 is 18.7 Å². The Labute approximate surface area is 218 Å². The molecule has 0 amide bonds. The van der Waals surface area contributed by atoms with E-state index in [4.69, 9.17) is 32.4 Å². The van der Waals surface area contributed by atoms with E-state index >= 15 is 0 Å². The Morgan fingerprint density at radius 2 is 1.80 bits per heavy atom. The molecule has 1 aliphatic rings. The van der Waals surface area contributed by atoms with Crippen molar-refractivity contribution < 1.29 is 18.7 Å². The lowest BCUT2D eigenvalue weighted by molar-refractivity contribution is -0.905. The van der Waals surface area contributed by atoms with Crippen LogP contribution in [0, 0.1) is 5.92 Å². The lowest BCUT2D eigenvalue weighted by Crippen LogP contribution is -2.41. The van der Waals surface area contributed by atoms with Gasteiger partial charge in [0.1, 0.15) is 13.1 Å². The number of hydrogen-bond donors (Lipinski definition) is 1. The van der Waals surface area contributed by atoms with Gasteiger partial charge in [-0.05, 0) is 36.1 Å². The van der Waals surface area contributed by atoms with Gasteiger partial charge in [-0.2, -0.15) is 0 Å². The molecular formula is C28H35Cl2N2O3+. The van der Waals surface area contributed by atoms with E-state index in [1.54, 1.807) is 12.3 Å². The normalized spacial score (nSPS) is 16.8. The topological polar surface area (TPSA) is 55.5 Å². The fourth-order valence-corrected chi connectivity index (χ4v) is 5.26. The number of hydrogen-bond acceptors (Lipinski definition) is 4. The maximum atomic E-state index is 12.0. The molecule has 0 aliphatic heterocycles. The Balaban J connectivity index is 1.40. The molecule has 0 radical (unpaired) electrons. The minimum absolute atomic E-state index is 0.0995. The summed E-state index contributed by atoms with van der Waals surface area (Å²) in [6.07, 6.45) is 7.18. The number of halogens is 2. The van der Waals surface area contributed by atoms with Crippen LogP contribution in [-0.2, 0) is 23.5 Å². The Morgan fingerprint density at radius 3 is 2.51 bits per heavy atom. The summed E-state index contributed by atoms with van der Waals surface area (Å²) in [6, 6.07) is 15.4. The molecule has 3 aromatic rings. The zero-order valence-corrected chi connectivity index (χ0v) is 22.1. The first-order chi connectivity index (χ1) is 16.8. The first-order valence-corrected chi connectivity index (χ1v) is 13.1. The fourth-order valence-electron chi connectivity index (χ4n) is 4.94. The van der Waals surface area contributed by atoms with E-state index in [-0.39, 0.29) is 5.92 Å². The number of quaternary nitrogens is 1. The van der Waals surface area contributed by atoms with Crippen LogP contribution in [0.4, 0.5) is 0 Å². The molecule has 1 unspecified atom stereocenters. The summed E-state index contributed by atoms with van der Waals surface area (Å²) in [4.78, 5) is 4.59. The van der Waals surface area contributed by atoms with Crippen molar-refractivity contribution in [3.8, 4) is 0 Å². The van der Waals surface area contributed by atoms with Gasteiger partial charge in [0.05, 0.1) is 43.6 Å². The molecule has 35 heavy (non-hydrogen) atoms. The first-order valence-electron chi connectivity index (χ1n) is 12.3. The molecule has 0 saturated heterocycles. The predicted molar refractivity (Wildman–Crippen MR) is 139 cm³/mol. The molecule has 0 spiro atoms. The fraction of sp³-hybridized carbons (Fsp3) is 0.464. The van der Waals surface area contributed by atoms with Crippen molar-refractivity contribution in [2.75, 3.05) is 27.2 Å². The maximum absolute atomic E-state index is 12.0. The second-order valence-electron chi connectivity index (χ2n) is 10.2. The molecular weight excluding hydrogens is 483 g/mol. The highest BCUT2D eigenvalue weighted by atomic mass is 35.5. The van der Waals surface area contributed by atoms with Gasteiger partial charge in [-0.25, -0.2) is 4.98 Å². The Bertz CT molecular complexity index is 1100. The third-order valence-electron chi connectivity index (χ3n) is 6.97. The summed E-state index contributed by atoms with van der Waals surface area (Å²) in [7, 11) is 4.27. The predicted octanol–water partition coefficient (Wildman–Crippen LogP) is 6.59. The number of likely N-dealkylation sites (N-methyl/N-ethyl adjacent to an activating group) is 1. The molecule has 1 heterocycles. The molecule has 1 aliphatic carbocycles. The minimum Gasteiger partial charge on any atom is -0.436 e. The van der Waals surface area contributed by atoms with E-state index in [0.29, 0.717) is 40.2 Å². The van der Waals surface area contributed by atoms with E-state index in [9.17, 15) is 5.11 Å². The van der Waals surface area contributed by atoms with Gasteiger partial charge >= 0.3 is 0 Å². The highest BCUT2D eigenvalue weighted by molar-refractivity contribution is 6.42. The first kappa shape index (κ1) is 26.2. The van der Waals surface area contributed by atoms with Gasteiger partial charge in [0, 0.05) is 5.92 Å². The van der Waals surface area contributed by atoms with Gasteiger partial charge in [-0.3, -0.25) is 0 Å². The molecule has 2 aromatic carbocycles. The third kappa shape index (κ3) is 6.46. The van der Waals surface area contributed by atoms with Crippen LogP contribution in [0.5, 0.6) is 0 Å². The van der Waals surface area contributed by atoms with E-state index < -0.39 is 5.60 Å². The second kappa shape index (κ2) is 11.4. The Kier molecular flexibility index (Phi) is 8.56. The van der Waals surface area contributed by atoms with E-state index in [0.717, 1.165) is 49.1 Å². The highest BCUT2D eigenvalue weighted by Crippen LogP contribution is 2.43. The van der Waals surface area contributed by atoms with Gasteiger partial charge in [0.2, 0.25) is 5.89 Å². The monoisotopic (exact) mass is 517 g/mol. The van der Waals surface area contributed by atoms with E-state index in [1.165, 1.54) is 6.42 Å². The second-order valence-corrected chi connectivity index (χ2v) is 11.0. The van der Waals surface area contributed by atoms with Crippen molar-refractivity contribution in [1.82, 2.24) is 4.98 Å². The van der Waals surface area contributed by atoms with E-state index in [2.05, 4.69) is 19.1 Å². The summed E-state index contributed by atoms with van der Waals surface area (Å²) in [5, 5.41) is 13.1. The highest BCUT2D eigenvalue weighted by Gasteiger charge is 2.44. The summed E-state index contributed by atoms with van der Waals surface area (Å²) in [6.45, 7) is 2.51. The number of ether oxygens (including phenoxy) is 1. The molecule has 1 N–H and O–H groups in total. The number of rotatable bonds is 10. The number of nitrogens with zero attached hydrogens (tertiary/aromatic N) is 2. The van der Waals surface area contributed by atoms with Crippen LogP contribution in [-0.4, -0.2) is 41.8 Å². The van der Waals surface area contributed by atoms with E-state index in [1.807, 2.05) is 42.5 Å². The van der Waals surface area contributed by atoms with Crippen LogP contribution in [0.3, 0.4) is 0 Å². The van der Waals surface area contributed by atoms with Crippen molar-refractivity contribution in [2.45, 2.75) is 50.9 Å². The smallest absolute Gasteiger partial charge is 0.231 e. The van der Waals surface area contributed by atoms with Crippen LogP contribution in [0.15, 0.2) is 59.1 Å². The Hall–Kier alpha value is -1.89. The molecule has 1 aromatic heterocycles. The lowest BCUT2D eigenvalue weighted by Gasteiger charge is -2.36. The SMILES string of the molecule is C[N+](C)(CCOCc1ccc(Cl)c(Cl)c1)Cc1cnc(C(O)(c2ccccc2)C2CCCCC2)o1. The zero-order chi connectivity index (χ0) is 24.9. The molecule has 0 bridgehead atoms. The number of benzene rings is 2. The van der Waals surface area contributed by atoms with Crippen LogP contribution in [0.1, 0.15) is 54.9 Å². The largest absolute Gasteiger partial charge is 0.436 e. The quantitative estimate of drug-likeness (QED) is 0.243. The standard InChI is InChI=1S/C28H35Cl2N2O3/c1-32(2,15-16-34-20-21-13-14-25(29)26(30)17-21)19-24-18-31-27(35-24)28(33,22-9-5-3-6-10-22)23-11-7-4-8-12-23/h3,5-6,9-10,13-14,17-18,23,33H,4,7-8,11-12,15-16,19-20H2,1-2H3/q+1. The van der Waals surface area contributed by atoms with Crippen molar-refractivity contribution >= 4 is 23.2 Å². The summed E-state index contributed by atoms with van der Waals surface area (Å²) >= 11 is 12.1. The Morgan fingerprint density at radius 1 is 1.06 bits per heavy atom. The summed E-state index contributed by atoms with van der Waals surface area (Å²) in [5.74, 6) is 1.27. The average molecular weight is 519 g/mol. The van der Waals surface area contributed by atoms with Crippen LogP contribution in [0.2, 0.25) is 10.0 Å². The van der Waals surface area contributed by atoms with Gasteiger partial charge in [-0.1, -0.05) is 78.9 Å². The lowest BCUT2D eigenvalue weighted by atomic mass is 9.73.